The number of rotatable bonds is 4. The summed E-state index contributed by atoms with van der Waals surface area (Å²) in [7, 11) is 0. The van der Waals surface area contributed by atoms with Crippen LogP contribution in [0.1, 0.15) is 15.9 Å². The highest BCUT2D eigenvalue weighted by Crippen LogP contribution is 2.20. The van der Waals surface area contributed by atoms with E-state index in [9.17, 15) is 14.0 Å². The number of carbonyl (C=O) groups is 2. The zero-order valence-electron chi connectivity index (χ0n) is 11.0. The van der Waals surface area contributed by atoms with E-state index in [0.717, 1.165) is 6.07 Å². The van der Waals surface area contributed by atoms with Gasteiger partial charge >= 0.3 is 5.97 Å². The number of nitrogens with two attached hydrogens (primary N) is 1. The van der Waals surface area contributed by atoms with Crippen LogP contribution in [0.2, 0.25) is 0 Å². The Morgan fingerprint density at radius 1 is 1.14 bits per heavy atom. The lowest BCUT2D eigenvalue weighted by molar-refractivity contribution is -0.136. The summed E-state index contributed by atoms with van der Waals surface area (Å²) in [5, 5.41) is 11.4. The highest BCUT2D eigenvalue weighted by Gasteiger charge is 2.14. The number of para-hydroxylation sites is 2. The normalized spacial score (nSPS) is 10.1. The summed E-state index contributed by atoms with van der Waals surface area (Å²) in [5.74, 6) is -2.28. The summed E-state index contributed by atoms with van der Waals surface area (Å²) in [6.45, 7) is 0. The maximum Gasteiger partial charge on any atom is 0.307 e. The lowest BCUT2D eigenvalue weighted by Crippen LogP contribution is -2.16. The van der Waals surface area contributed by atoms with Gasteiger partial charge in [-0.25, -0.2) is 4.39 Å². The minimum atomic E-state index is -1.01. The number of halogens is 1. The molecule has 5 nitrogen and oxygen atoms in total. The van der Waals surface area contributed by atoms with Crippen molar-refractivity contribution in [3.63, 3.8) is 0 Å². The summed E-state index contributed by atoms with van der Waals surface area (Å²) in [4.78, 5) is 22.9. The Hall–Kier alpha value is -2.89. The zero-order valence-corrected chi connectivity index (χ0v) is 11.0. The number of carboxylic acid groups (broad SMARTS) is 1. The first kappa shape index (κ1) is 14.5. The second-order valence-corrected chi connectivity index (χ2v) is 4.38. The van der Waals surface area contributed by atoms with Gasteiger partial charge < -0.3 is 16.2 Å². The van der Waals surface area contributed by atoms with Crippen LogP contribution >= 0.6 is 0 Å². The van der Waals surface area contributed by atoms with Gasteiger partial charge in [0.05, 0.1) is 17.7 Å². The molecule has 0 bridgehead atoms. The first-order valence-corrected chi connectivity index (χ1v) is 6.14. The summed E-state index contributed by atoms with van der Waals surface area (Å²) in [6, 6.07) is 10.4. The Morgan fingerprint density at radius 2 is 1.86 bits per heavy atom. The van der Waals surface area contributed by atoms with Crippen molar-refractivity contribution in [1.29, 1.82) is 0 Å². The number of carboxylic acids is 1. The molecule has 2 rings (SSSR count). The summed E-state index contributed by atoms with van der Waals surface area (Å²) in [6.07, 6.45) is -0.227. The van der Waals surface area contributed by atoms with Crippen LogP contribution in [0, 0.1) is 5.82 Å². The van der Waals surface area contributed by atoms with E-state index in [1.54, 1.807) is 24.3 Å². The van der Waals surface area contributed by atoms with Gasteiger partial charge in [0.2, 0.25) is 0 Å². The fraction of sp³-hybridized carbons (Fsp3) is 0.0667. The molecule has 0 aliphatic rings. The molecule has 0 aliphatic carbocycles. The molecule has 2 aromatic rings. The van der Waals surface area contributed by atoms with Gasteiger partial charge in [-0.15, -0.1) is 0 Å². The van der Waals surface area contributed by atoms with Crippen LogP contribution in [-0.2, 0) is 11.2 Å². The van der Waals surface area contributed by atoms with Crippen LogP contribution in [0.4, 0.5) is 15.8 Å². The van der Waals surface area contributed by atoms with Gasteiger partial charge in [0.1, 0.15) is 5.82 Å². The minimum Gasteiger partial charge on any atom is -0.481 e. The molecule has 21 heavy (non-hydrogen) atoms. The van der Waals surface area contributed by atoms with Crippen LogP contribution in [0.3, 0.4) is 0 Å². The van der Waals surface area contributed by atoms with Gasteiger partial charge in [0.25, 0.3) is 5.91 Å². The molecule has 0 saturated carbocycles. The van der Waals surface area contributed by atoms with Crippen molar-refractivity contribution in [3.05, 3.63) is 59.4 Å². The smallest absolute Gasteiger partial charge is 0.307 e. The van der Waals surface area contributed by atoms with Gasteiger partial charge in [-0.05, 0) is 23.8 Å². The molecule has 6 heteroatoms. The third kappa shape index (κ3) is 3.36. The number of nitrogen functional groups attached to an aromatic ring is 1. The van der Waals surface area contributed by atoms with E-state index in [2.05, 4.69) is 5.32 Å². The number of anilines is 2. The number of benzene rings is 2. The van der Waals surface area contributed by atoms with Crippen molar-refractivity contribution in [1.82, 2.24) is 0 Å². The fourth-order valence-corrected chi connectivity index (χ4v) is 1.88. The number of hydrogen-bond donors (Lipinski definition) is 3. The Bertz CT molecular complexity index is 701. The standard InChI is InChI=1S/C15H13FN2O3/c16-11-6-3-5-10(14(11)17)15(21)18-12-7-2-1-4-9(12)8-13(19)20/h1-7H,8,17H2,(H,18,21)(H,19,20). The average Bonchev–Trinajstić information content (AvgIpc) is 2.43. The third-order valence-electron chi connectivity index (χ3n) is 2.90. The quantitative estimate of drug-likeness (QED) is 0.752. The SMILES string of the molecule is Nc1c(F)cccc1C(=O)Nc1ccccc1CC(=O)O. The van der Waals surface area contributed by atoms with Crippen LogP contribution in [0.25, 0.3) is 0 Å². The van der Waals surface area contributed by atoms with Gasteiger partial charge in [-0.1, -0.05) is 24.3 Å². The number of carbonyl (C=O) groups excluding carboxylic acids is 1. The number of hydrogen-bond acceptors (Lipinski definition) is 3. The number of nitrogens with one attached hydrogen (secondary N) is 1. The average molecular weight is 288 g/mol. The fourth-order valence-electron chi connectivity index (χ4n) is 1.88. The predicted molar refractivity (Wildman–Crippen MR) is 76.5 cm³/mol. The summed E-state index contributed by atoms with van der Waals surface area (Å²) < 4.78 is 13.3. The lowest BCUT2D eigenvalue weighted by atomic mass is 10.1. The molecule has 0 radical (unpaired) electrons. The number of amides is 1. The maximum absolute atomic E-state index is 13.3. The van der Waals surface area contributed by atoms with Gasteiger partial charge in [-0.2, -0.15) is 0 Å². The Morgan fingerprint density at radius 3 is 2.57 bits per heavy atom. The molecule has 0 aliphatic heterocycles. The maximum atomic E-state index is 13.3. The van der Waals surface area contributed by atoms with Crippen LogP contribution in [0.5, 0.6) is 0 Å². The molecular weight excluding hydrogens is 275 g/mol. The van der Waals surface area contributed by atoms with Gasteiger partial charge in [0, 0.05) is 5.69 Å². The van der Waals surface area contributed by atoms with Gasteiger partial charge in [-0.3, -0.25) is 9.59 Å². The predicted octanol–water partition coefficient (Wildman–Crippen LogP) is 2.29. The molecule has 4 N–H and O–H groups in total. The molecule has 0 spiro atoms. The second-order valence-electron chi connectivity index (χ2n) is 4.38. The topological polar surface area (TPSA) is 92.4 Å². The lowest BCUT2D eigenvalue weighted by Gasteiger charge is -2.11. The molecule has 0 fully saturated rings. The molecule has 0 atom stereocenters. The van der Waals surface area contributed by atoms with E-state index in [4.69, 9.17) is 10.8 Å². The van der Waals surface area contributed by atoms with E-state index in [1.807, 2.05) is 0 Å². The molecule has 2 aromatic carbocycles. The van der Waals surface area contributed by atoms with E-state index < -0.39 is 17.7 Å². The first-order chi connectivity index (χ1) is 9.99. The third-order valence-corrected chi connectivity index (χ3v) is 2.90. The summed E-state index contributed by atoms with van der Waals surface area (Å²) >= 11 is 0. The Balaban J connectivity index is 2.28. The van der Waals surface area contributed by atoms with E-state index in [-0.39, 0.29) is 17.7 Å². The molecule has 108 valence electrons. The van der Waals surface area contributed by atoms with Crippen molar-refractivity contribution in [2.75, 3.05) is 11.1 Å². The summed E-state index contributed by atoms with van der Waals surface area (Å²) in [5.41, 5.74) is 6.09. The molecule has 0 saturated heterocycles. The zero-order chi connectivity index (χ0) is 15.4. The molecule has 0 aromatic heterocycles. The molecule has 1 amide bonds. The first-order valence-electron chi connectivity index (χ1n) is 6.14. The van der Waals surface area contributed by atoms with Crippen molar-refractivity contribution in [3.8, 4) is 0 Å². The van der Waals surface area contributed by atoms with E-state index in [0.29, 0.717) is 11.3 Å². The Kier molecular flexibility index (Phi) is 4.18. The van der Waals surface area contributed by atoms with Crippen molar-refractivity contribution in [2.24, 2.45) is 0 Å². The molecule has 0 heterocycles. The van der Waals surface area contributed by atoms with E-state index in [1.165, 1.54) is 12.1 Å². The van der Waals surface area contributed by atoms with Crippen LogP contribution in [-0.4, -0.2) is 17.0 Å². The monoisotopic (exact) mass is 288 g/mol. The Labute approximate surface area is 120 Å². The van der Waals surface area contributed by atoms with Crippen molar-refractivity contribution >= 4 is 23.3 Å². The van der Waals surface area contributed by atoms with Gasteiger partial charge in [0.15, 0.2) is 0 Å². The highest BCUT2D eigenvalue weighted by atomic mass is 19.1. The van der Waals surface area contributed by atoms with Crippen LogP contribution in [0.15, 0.2) is 42.5 Å². The minimum absolute atomic E-state index is 0.000119. The van der Waals surface area contributed by atoms with Crippen molar-refractivity contribution in [2.45, 2.75) is 6.42 Å². The second kappa shape index (κ2) is 6.04. The van der Waals surface area contributed by atoms with E-state index >= 15 is 0 Å². The highest BCUT2D eigenvalue weighted by molar-refractivity contribution is 6.08. The number of aliphatic carboxylic acids is 1. The van der Waals surface area contributed by atoms with Crippen LogP contribution < -0.4 is 11.1 Å². The molecule has 0 unspecified atom stereocenters. The molecular formula is C15H13FN2O3. The largest absolute Gasteiger partial charge is 0.481 e. The van der Waals surface area contributed by atoms with Crippen molar-refractivity contribution < 1.29 is 19.1 Å².